The van der Waals surface area contributed by atoms with E-state index in [-0.39, 0.29) is 5.82 Å². The van der Waals surface area contributed by atoms with Crippen LogP contribution in [0.15, 0.2) is 36.7 Å². The quantitative estimate of drug-likeness (QED) is 0.703. The van der Waals surface area contributed by atoms with Crippen LogP contribution in [0.2, 0.25) is 0 Å². The number of halogens is 1. The number of rotatable bonds is 2. The maximum absolute atomic E-state index is 13.2. The molecule has 0 N–H and O–H groups in total. The molecule has 2 heterocycles. The van der Waals surface area contributed by atoms with E-state index in [1.807, 2.05) is 26.4 Å². The zero-order valence-corrected chi connectivity index (χ0v) is 10.9. The van der Waals surface area contributed by atoms with E-state index in [2.05, 4.69) is 16.1 Å². The molecule has 19 heavy (non-hydrogen) atoms. The first-order valence-electron chi connectivity index (χ1n) is 6.25. The smallest absolute Gasteiger partial charge is 0.125 e. The summed E-state index contributed by atoms with van der Waals surface area (Å²) < 4.78 is 15.0. The average molecular weight is 255 g/mol. The highest BCUT2D eigenvalue weighted by molar-refractivity contribution is 5.84. The van der Waals surface area contributed by atoms with Crippen molar-refractivity contribution < 1.29 is 4.39 Å². The number of fused-ring (bicyclic) bond motifs is 1. The van der Waals surface area contributed by atoms with Gasteiger partial charge in [0.15, 0.2) is 0 Å². The van der Waals surface area contributed by atoms with Crippen LogP contribution < -0.4 is 0 Å². The molecule has 0 fully saturated rings. The third-order valence-corrected chi connectivity index (χ3v) is 3.21. The molecule has 0 spiro atoms. The molecule has 0 unspecified atom stereocenters. The summed E-state index contributed by atoms with van der Waals surface area (Å²) in [7, 11) is 1.89. The molecule has 0 radical (unpaired) electrons. The van der Waals surface area contributed by atoms with Gasteiger partial charge in [-0.2, -0.15) is 5.10 Å². The van der Waals surface area contributed by atoms with Gasteiger partial charge in [0.05, 0.1) is 11.7 Å². The van der Waals surface area contributed by atoms with Crippen LogP contribution in [0.5, 0.6) is 0 Å². The van der Waals surface area contributed by atoms with E-state index in [0.29, 0.717) is 5.52 Å². The number of benzene rings is 1. The summed E-state index contributed by atoms with van der Waals surface area (Å²) in [4.78, 5) is 4.56. The normalized spacial score (nSPS) is 11.1. The molecule has 0 aliphatic carbocycles. The van der Waals surface area contributed by atoms with Crippen LogP contribution in [0.4, 0.5) is 4.39 Å². The molecule has 3 aromatic rings. The predicted octanol–water partition coefficient (Wildman–Crippen LogP) is 3.34. The monoisotopic (exact) mass is 255 g/mol. The van der Waals surface area contributed by atoms with Gasteiger partial charge in [-0.15, -0.1) is 0 Å². The lowest BCUT2D eigenvalue weighted by molar-refractivity contribution is 0.629. The van der Waals surface area contributed by atoms with Crippen LogP contribution in [0.1, 0.15) is 12.6 Å². The molecule has 0 bridgehead atoms. The summed E-state index contributed by atoms with van der Waals surface area (Å²) in [5, 5.41) is 5.13. The van der Waals surface area contributed by atoms with Crippen molar-refractivity contribution in [2.75, 3.05) is 0 Å². The van der Waals surface area contributed by atoms with Gasteiger partial charge in [0.2, 0.25) is 0 Å². The van der Waals surface area contributed by atoms with Crippen molar-refractivity contribution in [2.45, 2.75) is 13.3 Å². The first-order chi connectivity index (χ1) is 9.17. The van der Waals surface area contributed by atoms with E-state index in [0.717, 1.165) is 28.6 Å². The molecule has 0 aliphatic rings. The molecule has 0 amide bonds. The van der Waals surface area contributed by atoms with Gasteiger partial charge in [0.1, 0.15) is 5.82 Å². The van der Waals surface area contributed by atoms with Gasteiger partial charge >= 0.3 is 0 Å². The maximum Gasteiger partial charge on any atom is 0.125 e. The van der Waals surface area contributed by atoms with Crippen LogP contribution in [-0.2, 0) is 13.5 Å². The first-order valence-corrected chi connectivity index (χ1v) is 6.25. The number of nitrogens with zero attached hydrogens (tertiary/aromatic N) is 3. The number of aryl methyl sites for hydroxylation is 2. The Kier molecular flexibility index (Phi) is 2.78. The Morgan fingerprint density at radius 3 is 2.79 bits per heavy atom. The fraction of sp³-hybridized carbons (Fsp3) is 0.200. The predicted molar refractivity (Wildman–Crippen MR) is 73.3 cm³/mol. The fourth-order valence-electron chi connectivity index (χ4n) is 2.26. The second kappa shape index (κ2) is 4.46. The van der Waals surface area contributed by atoms with E-state index in [4.69, 9.17) is 0 Å². The van der Waals surface area contributed by atoms with E-state index in [9.17, 15) is 4.39 Å². The van der Waals surface area contributed by atoms with Crippen LogP contribution in [-0.4, -0.2) is 14.8 Å². The van der Waals surface area contributed by atoms with Crippen molar-refractivity contribution in [3.63, 3.8) is 0 Å². The summed E-state index contributed by atoms with van der Waals surface area (Å²) in [5.41, 5.74) is 3.77. The molecule has 0 saturated heterocycles. The van der Waals surface area contributed by atoms with E-state index in [1.165, 1.54) is 12.1 Å². The van der Waals surface area contributed by atoms with E-state index in [1.54, 1.807) is 10.7 Å². The molecule has 2 aromatic heterocycles. The Morgan fingerprint density at radius 2 is 2.11 bits per heavy atom. The molecule has 1 aromatic carbocycles. The van der Waals surface area contributed by atoms with Crippen LogP contribution in [0.3, 0.4) is 0 Å². The molecular formula is C15H14FN3. The average Bonchev–Trinajstić information content (AvgIpc) is 2.83. The van der Waals surface area contributed by atoms with Crippen molar-refractivity contribution in [1.29, 1.82) is 0 Å². The Labute approximate surface area is 110 Å². The molecule has 4 heteroatoms. The van der Waals surface area contributed by atoms with E-state index < -0.39 is 0 Å². The fourth-order valence-corrected chi connectivity index (χ4v) is 2.26. The van der Waals surface area contributed by atoms with Gasteiger partial charge < -0.3 is 0 Å². The highest BCUT2D eigenvalue weighted by Gasteiger charge is 2.09. The molecular weight excluding hydrogens is 241 g/mol. The van der Waals surface area contributed by atoms with Crippen LogP contribution in [0, 0.1) is 5.82 Å². The van der Waals surface area contributed by atoms with E-state index >= 15 is 0 Å². The number of hydrogen-bond acceptors (Lipinski definition) is 2. The number of aromatic nitrogens is 3. The Hall–Kier alpha value is -2.23. The Morgan fingerprint density at radius 1 is 1.26 bits per heavy atom. The summed E-state index contributed by atoms with van der Waals surface area (Å²) in [5.74, 6) is -0.254. The van der Waals surface area contributed by atoms with Crippen molar-refractivity contribution in [1.82, 2.24) is 14.8 Å². The molecule has 3 rings (SSSR count). The molecule has 0 aliphatic heterocycles. The minimum Gasteiger partial charge on any atom is -0.275 e. The van der Waals surface area contributed by atoms with Gasteiger partial charge in [0.25, 0.3) is 0 Å². The number of pyridine rings is 1. The maximum atomic E-state index is 13.2. The van der Waals surface area contributed by atoms with Crippen LogP contribution in [0.25, 0.3) is 22.0 Å². The highest BCUT2D eigenvalue weighted by Crippen LogP contribution is 2.27. The lowest BCUT2D eigenvalue weighted by Crippen LogP contribution is -1.94. The van der Waals surface area contributed by atoms with Gasteiger partial charge in [-0.3, -0.25) is 9.67 Å². The number of hydrogen-bond donors (Lipinski definition) is 0. The topological polar surface area (TPSA) is 30.7 Å². The zero-order valence-electron chi connectivity index (χ0n) is 10.9. The van der Waals surface area contributed by atoms with Crippen molar-refractivity contribution in [3.05, 3.63) is 48.2 Å². The first kappa shape index (κ1) is 11.8. The van der Waals surface area contributed by atoms with Gasteiger partial charge in [0, 0.05) is 41.5 Å². The van der Waals surface area contributed by atoms with Gasteiger partial charge in [-0.25, -0.2) is 4.39 Å². The minimum absolute atomic E-state index is 0.254. The standard InChI is InChI=1S/C15H14FN3/c1-3-14-13(11-8-17-19(2)9-11)6-10-4-5-12(16)7-15(10)18-14/h4-9H,3H2,1-2H3. The van der Waals surface area contributed by atoms with Gasteiger partial charge in [-0.1, -0.05) is 6.92 Å². The summed E-state index contributed by atoms with van der Waals surface area (Å²) in [6.07, 6.45) is 4.59. The van der Waals surface area contributed by atoms with Crippen LogP contribution >= 0.6 is 0 Å². The zero-order chi connectivity index (χ0) is 13.4. The summed E-state index contributed by atoms with van der Waals surface area (Å²) in [6, 6.07) is 6.75. The van der Waals surface area contributed by atoms with Crippen molar-refractivity contribution >= 4 is 10.9 Å². The lowest BCUT2D eigenvalue weighted by atomic mass is 10.0. The van der Waals surface area contributed by atoms with Gasteiger partial charge in [-0.05, 0) is 24.6 Å². The lowest BCUT2D eigenvalue weighted by Gasteiger charge is -2.07. The second-order valence-corrected chi connectivity index (χ2v) is 4.58. The minimum atomic E-state index is -0.254. The Balaban J connectivity index is 2.26. The third-order valence-electron chi connectivity index (χ3n) is 3.21. The molecule has 3 nitrogen and oxygen atoms in total. The summed E-state index contributed by atoms with van der Waals surface area (Å²) in [6.45, 7) is 2.05. The largest absolute Gasteiger partial charge is 0.275 e. The molecule has 0 saturated carbocycles. The third kappa shape index (κ3) is 2.10. The van der Waals surface area contributed by atoms with Crippen molar-refractivity contribution in [3.8, 4) is 11.1 Å². The molecule has 0 atom stereocenters. The Bertz CT molecular complexity index is 746. The summed E-state index contributed by atoms with van der Waals surface area (Å²) >= 11 is 0. The second-order valence-electron chi connectivity index (χ2n) is 4.58. The van der Waals surface area contributed by atoms with Crippen molar-refractivity contribution in [2.24, 2.45) is 7.05 Å². The molecule has 96 valence electrons. The SMILES string of the molecule is CCc1nc2cc(F)ccc2cc1-c1cnn(C)c1. The highest BCUT2D eigenvalue weighted by atomic mass is 19.1.